The highest BCUT2D eigenvalue weighted by Gasteiger charge is 2.29. The van der Waals surface area contributed by atoms with Crippen LogP contribution in [0, 0.1) is 0 Å². The van der Waals surface area contributed by atoms with Crippen molar-refractivity contribution in [2.75, 3.05) is 20.2 Å². The molecule has 1 aromatic rings. The molecule has 1 aliphatic rings. The number of rotatable bonds is 1. The van der Waals surface area contributed by atoms with Gasteiger partial charge in [-0.3, -0.25) is 4.90 Å². The number of nitrogens with zero attached hydrogens (tertiary/aromatic N) is 1. The van der Waals surface area contributed by atoms with E-state index >= 15 is 0 Å². The van der Waals surface area contributed by atoms with E-state index in [1.54, 1.807) is 18.2 Å². The molecule has 1 heterocycles. The number of fused-ring (bicyclic) bond motifs is 1. The van der Waals surface area contributed by atoms with E-state index in [4.69, 9.17) is 0 Å². The molecule has 0 radical (unpaired) electrons. The van der Waals surface area contributed by atoms with Crippen molar-refractivity contribution < 1.29 is 15.3 Å². The molecule has 1 aromatic carbocycles. The predicted octanol–water partition coefficient (Wildman–Crippen LogP) is 0.404. The Bertz CT molecular complexity index is 367. The summed E-state index contributed by atoms with van der Waals surface area (Å²) in [6, 6.07) is 4.80. The molecular formula is C11H15NO3. The fourth-order valence-corrected chi connectivity index (χ4v) is 2.13. The fourth-order valence-electron chi connectivity index (χ4n) is 2.13. The van der Waals surface area contributed by atoms with Gasteiger partial charge in [0, 0.05) is 6.54 Å². The molecule has 0 amide bonds. The highest BCUT2D eigenvalue weighted by atomic mass is 16.3. The molecule has 0 spiro atoms. The van der Waals surface area contributed by atoms with Crippen molar-refractivity contribution in [3.8, 4) is 5.75 Å². The van der Waals surface area contributed by atoms with Crippen LogP contribution in [0.5, 0.6) is 5.75 Å². The van der Waals surface area contributed by atoms with E-state index in [2.05, 4.69) is 0 Å². The lowest BCUT2D eigenvalue weighted by molar-refractivity contribution is 0.0595. The van der Waals surface area contributed by atoms with Crippen LogP contribution in [0.2, 0.25) is 0 Å². The Hall–Kier alpha value is -1.10. The van der Waals surface area contributed by atoms with Crippen LogP contribution in [0.25, 0.3) is 0 Å². The molecular weight excluding hydrogens is 194 g/mol. The van der Waals surface area contributed by atoms with E-state index in [1.165, 1.54) is 0 Å². The average molecular weight is 209 g/mol. The smallest absolute Gasteiger partial charge is 0.115 e. The maximum Gasteiger partial charge on any atom is 0.115 e. The first-order valence-corrected chi connectivity index (χ1v) is 4.95. The summed E-state index contributed by atoms with van der Waals surface area (Å²) in [7, 11) is 1.86. The zero-order valence-corrected chi connectivity index (χ0v) is 8.59. The minimum atomic E-state index is -0.597. The van der Waals surface area contributed by atoms with E-state index in [0.29, 0.717) is 12.1 Å². The molecule has 2 atom stereocenters. The summed E-state index contributed by atoms with van der Waals surface area (Å²) in [4.78, 5) is 1.91. The van der Waals surface area contributed by atoms with E-state index in [-0.39, 0.29) is 18.4 Å². The largest absolute Gasteiger partial charge is 0.508 e. The number of aromatic hydroxyl groups is 1. The number of aliphatic hydroxyl groups is 2. The van der Waals surface area contributed by atoms with Crippen LogP contribution in [0.1, 0.15) is 23.3 Å². The molecule has 4 nitrogen and oxygen atoms in total. The quantitative estimate of drug-likeness (QED) is 0.626. The fraction of sp³-hybridized carbons (Fsp3) is 0.455. The number of benzene rings is 1. The molecule has 0 bridgehead atoms. The molecule has 0 aliphatic carbocycles. The van der Waals surface area contributed by atoms with Crippen LogP contribution in [-0.2, 0) is 0 Å². The molecule has 15 heavy (non-hydrogen) atoms. The highest BCUT2D eigenvalue weighted by Crippen LogP contribution is 2.35. The normalized spacial score (nSPS) is 26.3. The second kappa shape index (κ2) is 3.81. The van der Waals surface area contributed by atoms with Crippen molar-refractivity contribution in [2.45, 2.75) is 12.1 Å². The Morgan fingerprint density at radius 2 is 2.13 bits per heavy atom. The molecule has 0 saturated heterocycles. The van der Waals surface area contributed by atoms with Gasteiger partial charge in [-0.1, -0.05) is 6.07 Å². The number of likely N-dealkylation sites (N-methyl/N-ethyl adjacent to an activating group) is 1. The lowest BCUT2D eigenvalue weighted by Gasteiger charge is -2.36. The number of aliphatic hydroxyl groups excluding tert-OH is 2. The molecule has 82 valence electrons. The van der Waals surface area contributed by atoms with Gasteiger partial charge in [0.05, 0.1) is 18.8 Å². The van der Waals surface area contributed by atoms with Gasteiger partial charge in [-0.05, 0) is 30.3 Å². The summed E-state index contributed by atoms with van der Waals surface area (Å²) in [5, 5.41) is 28.5. The van der Waals surface area contributed by atoms with Crippen molar-refractivity contribution in [3.63, 3.8) is 0 Å². The highest BCUT2D eigenvalue weighted by molar-refractivity contribution is 5.40. The maximum atomic E-state index is 9.84. The van der Waals surface area contributed by atoms with Gasteiger partial charge in [0.25, 0.3) is 0 Å². The third kappa shape index (κ3) is 1.71. The number of phenolic OH excluding ortho intramolecular Hbond substituents is 1. The summed E-state index contributed by atoms with van der Waals surface area (Å²) in [5.74, 6) is 0.147. The lowest BCUT2D eigenvalue weighted by atomic mass is 9.91. The molecule has 0 saturated carbocycles. The van der Waals surface area contributed by atoms with Crippen molar-refractivity contribution in [1.29, 1.82) is 0 Å². The minimum Gasteiger partial charge on any atom is -0.508 e. The summed E-state index contributed by atoms with van der Waals surface area (Å²) < 4.78 is 0. The van der Waals surface area contributed by atoms with Gasteiger partial charge in [-0.15, -0.1) is 0 Å². The Kier molecular flexibility index (Phi) is 2.65. The second-order valence-electron chi connectivity index (χ2n) is 3.97. The first kappa shape index (κ1) is 10.4. The standard InChI is InChI=1S/C11H15NO3/c1-12-5-11(15)9-4-7(14)2-3-8(9)10(12)6-13/h2-4,10-11,13-15H,5-6H2,1H3. The van der Waals surface area contributed by atoms with E-state index < -0.39 is 6.10 Å². The van der Waals surface area contributed by atoms with E-state index in [0.717, 1.165) is 5.56 Å². The predicted molar refractivity (Wildman–Crippen MR) is 55.5 cm³/mol. The van der Waals surface area contributed by atoms with E-state index in [1.807, 2.05) is 11.9 Å². The van der Waals surface area contributed by atoms with Crippen LogP contribution in [0.4, 0.5) is 0 Å². The lowest BCUT2D eigenvalue weighted by Crippen LogP contribution is -2.36. The summed E-state index contributed by atoms with van der Waals surface area (Å²) in [6.45, 7) is 0.489. The summed E-state index contributed by atoms with van der Waals surface area (Å²) in [6.07, 6.45) is -0.597. The van der Waals surface area contributed by atoms with Crippen LogP contribution in [0.15, 0.2) is 18.2 Å². The van der Waals surface area contributed by atoms with Gasteiger partial charge in [0.2, 0.25) is 0 Å². The van der Waals surface area contributed by atoms with Gasteiger partial charge >= 0.3 is 0 Å². The molecule has 0 fully saturated rings. The van der Waals surface area contributed by atoms with Crippen LogP contribution < -0.4 is 0 Å². The Morgan fingerprint density at radius 1 is 1.40 bits per heavy atom. The van der Waals surface area contributed by atoms with Crippen LogP contribution in [0.3, 0.4) is 0 Å². The Balaban J connectivity index is 2.48. The topological polar surface area (TPSA) is 63.9 Å². The van der Waals surface area contributed by atoms with Gasteiger partial charge in [0.1, 0.15) is 5.75 Å². The van der Waals surface area contributed by atoms with Crippen molar-refractivity contribution in [3.05, 3.63) is 29.3 Å². The van der Waals surface area contributed by atoms with Gasteiger partial charge in [0.15, 0.2) is 0 Å². The number of phenols is 1. The molecule has 0 aromatic heterocycles. The zero-order valence-electron chi connectivity index (χ0n) is 8.59. The zero-order chi connectivity index (χ0) is 11.0. The van der Waals surface area contributed by atoms with Gasteiger partial charge < -0.3 is 15.3 Å². The van der Waals surface area contributed by atoms with Crippen molar-refractivity contribution in [1.82, 2.24) is 4.90 Å². The van der Waals surface area contributed by atoms with Crippen molar-refractivity contribution >= 4 is 0 Å². The average Bonchev–Trinajstić information content (AvgIpc) is 2.19. The molecule has 4 heteroatoms. The monoisotopic (exact) mass is 209 g/mol. The van der Waals surface area contributed by atoms with E-state index in [9.17, 15) is 15.3 Å². The summed E-state index contributed by atoms with van der Waals surface area (Å²) in [5.41, 5.74) is 1.60. The number of hydrogen-bond donors (Lipinski definition) is 3. The third-order valence-corrected chi connectivity index (χ3v) is 2.95. The van der Waals surface area contributed by atoms with Gasteiger partial charge in [-0.25, -0.2) is 0 Å². The third-order valence-electron chi connectivity index (χ3n) is 2.95. The van der Waals surface area contributed by atoms with Gasteiger partial charge in [-0.2, -0.15) is 0 Å². The molecule has 3 N–H and O–H groups in total. The Morgan fingerprint density at radius 3 is 2.80 bits per heavy atom. The first-order valence-electron chi connectivity index (χ1n) is 4.95. The Labute approximate surface area is 88.4 Å². The molecule has 2 rings (SSSR count). The maximum absolute atomic E-state index is 9.84. The minimum absolute atomic E-state index is 0.0149. The van der Waals surface area contributed by atoms with Crippen molar-refractivity contribution in [2.24, 2.45) is 0 Å². The van der Waals surface area contributed by atoms with Crippen LogP contribution in [-0.4, -0.2) is 40.4 Å². The summed E-state index contributed by atoms with van der Waals surface area (Å²) >= 11 is 0. The first-order chi connectivity index (χ1) is 7.13. The molecule has 2 unspecified atom stereocenters. The second-order valence-corrected chi connectivity index (χ2v) is 3.97. The number of hydrogen-bond acceptors (Lipinski definition) is 4. The van der Waals surface area contributed by atoms with Crippen LogP contribution >= 0.6 is 0 Å². The SMILES string of the molecule is CN1CC(O)c2cc(O)ccc2C1CO. The number of β-amino-alcohol motifs (C(OH)–C–C–N with tert-alkyl or cyclic N) is 1. The molecule has 1 aliphatic heterocycles.